The van der Waals surface area contributed by atoms with Crippen LogP contribution in [0.1, 0.15) is 16.7 Å². The van der Waals surface area contributed by atoms with Crippen molar-refractivity contribution in [3.8, 4) is 79.7 Å². The number of fused-ring (bicyclic) bond motifs is 6. The highest BCUT2D eigenvalue weighted by Crippen LogP contribution is 2.48. The normalized spacial score (nSPS) is 11.6. The van der Waals surface area contributed by atoms with Gasteiger partial charge in [0.05, 0.1) is 85.0 Å². The molecule has 0 N–H and O–H groups in total. The van der Waals surface area contributed by atoms with Crippen molar-refractivity contribution in [1.29, 1.82) is 10.5 Å². The number of aromatic nitrogens is 4. The van der Waals surface area contributed by atoms with Crippen molar-refractivity contribution >= 4 is 43.6 Å². The molecule has 0 fully saturated rings. The molecular weight excluding hydrogens is 874 g/mol. The first-order chi connectivity index (χ1) is 34.3. The van der Waals surface area contributed by atoms with Crippen LogP contribution in [-0.4, -0.2) is 19.1 Å². The minimum Gasteiger partial charge on any atom is -0.308 e. The molecule has 0 aliphatic heterocycles. The lowest BCUT2D eigenvalue weighted by Crippen LogP contribution is -2.12. The maximum atomic E-state index is 15.7. The number of nitrogens with zero attached hydrogens (tertiary/aromatic N) is 6. The lowest BCUT2D eigenvalue weighted by Gasteiger charge is -2.24. The Morgan fingerprint density at radius 3 is 1.26 bits per heavy atom. The van der Waals surface area contributed by atoms with Gasteiger partial charge in [-0.25, -0.2) is 9.97 Å². The average Bonchev–Trinajstić information content (AvgIpc) is 3.92. The number of alkyl halides is 3. The average molecular weight is 909 g/mol. The van der Waals surface area contributed by atoms with Gasteiger partial charge in [0.2, 0.25) is 0 Å². The predicted molar refractivity (Wildman–Crippen MR) is 272 cm³/mol. The summed E-state index contributed by atoms with van der Waals surface area (Å²) in [5.41, 5.74) is 9.08. The number of para-hydroxylation sites is 2. The second-order valence-electron chi connectivity index (χ2n) is 17.1. The molecule has 70 heavy (non-hydrogen) atoms. The second kappa shape index (κ2) is 16.6. The fourth-order valence-corrected chi connectivity index (χ4v) is 9.95. The van der Waals surface area contributed by atoms with Gasteiger partial charge in [0, 0.05) is 54.9 Å². The van der Waals surface area contributed by atoms with E-state index in [0.29, 0.717) is 33.4 Å². The summed E-state index contributed by atoms with van der Waals surface area (Å²) in [4.78, 5) is 10.1. The van der Waals surface area contributed by atoms with E-state index >= 15 is 13.2 Å². The van der Waals surface area contributed by atoms with Crippen molar-refractivity contribution in [3.63, 3.8) is 0 Å². The molecule has 0 atom stereocenters. The van der Waals surface area contributed by atoms with E-state index in [1.807, 2.05) is 179 Å². The molecule has 0 radical (unpaired) electrons. The summed E-state index contributed by atoms with van der Waals surface area (Å²) in [5, 5.41) is 25.0. The minimum absolute atomic E-state index is 0.136. The number of halogens is 3. The summed E-state index contributed by atoms with van der Waals surface area (Å²) < 4.78 is 50.8. The van der Waals surface area contributed by atoms with Crippen LogP contribution in [-0.2, 0) is 6.18 Å². The number of nitriles is 2. The smallest absolute Gasteiger partial charge is 0.308 e. The number of hydrogen-bond acceptors (Lipinski definition) is 4. The molecule has 4 heterocycles. The summed E-state index contributed by atoms with van der Waals surface area (Å²) in [6.07, 6.45) is -4.86. The molecule has 0 spiro atoms. The highest BCUT2D eigenvalue weighted by molar-refractivity contribution is 6.13. The predicted octanol–water partition coefficient (Wildman–Crippen LogP) is 15.8. The fourth-order valence-electron chi connectivity index (χ4n) is 9.95. The Labute approximate surface area is 399 Å². The first-order valence-electron chi connectivity index (χ1n) is 22.6. The molecule has 6 nitrogen and oxygen atoms in total. The molecule has 12 rings (SSSR count). The zero-order valence-electron chi connectivity index (χ0n) is 37.0. The van der Waals surface area contributed by atoms with Crippen LogP contribution in [0.4, 0.5) is 13.2 Å². The molecule has 0 aliphatic rings. The van der Waals surface area contributed by atoms with Crippen LogP contribution in [0.25, 0.3) is 111 Å². The summed E-state index contributed by atoms with van der Waals surface area (Å²) in [5.74, 6) is 0. The van der Waals surface area contributed by atoms with Crippen molar-refractivity contribution in [3.05, 3.63) is 229 Å². The van der Waals surface area contributed by atoms with Crippen molar-refractivity contribution < 1.29 is 13.2 Å². The van der Waals surface area contributed by atoms with Gasteiger partial charge >= 0.3 is 6.18 Å². The maximum Gasteiger partial charge on any atom is 0.417 e. The maximum absolute atomic E-state index is 15.7. The molecule has 12 aromatic rings. The highest BCUT2D eigenvalue weighted by Gasteiger charge is 2.37. The number of rotatable bonds is 7. The first-order valence-corrected chi connectivity index (χ1v) is 22.6. The van der Waals surface area contributed by atoms with Crippen molar-refractivity contribution in [2.24, 2.45) is 0 Å². The quantitative estimate of drug-likeness (QED) is 0.159. The monoisotopic (exact) mass is 908 g/mol. The molecule has 330 valence electrons. The van der Waals surface area contributed by atoms with E-state index < -0.39 is 11.7 Å². The summed E-state index contributed by atoms with van der Waals surface area (Å²) in [6.45, 7) is 0. The fraction of sp³-hybridized carbons (Fsp3) is 0.0164. The van der Waals surface area contributed by atoms with E-state index in [9.17, 15) is 10.5 Å². The summed E-state index contributed by atoms with van der Waals surface area (Å²) >= 11 is 0. The van der Waals surface area contributed by atoms with Gasteiger partial charge in [0.15, 0.2) is 0 Å². The van der Waals surface area contributed by atoms with Crippen molar-refractivity contribution in [1.82, 2.24) is 19.1 Å². The molecule has 0 unspecified atom stereocenters. The van der Waals surface area contributed by atoms with Gasteiger partial charge in [-0.2, -0.15) is 23.7 Å². The standard InChI is InChI=1S/C61H35F3N6/c62-61(63,64)48-21-11-18-43(37-66)59(48)60-57(69-53-26-9-7-19-44(53)46-34-41(28-30-55(46)69)51-24-12-22-49(67-51)39-14-3-1-4-15-39)32-38(36-65)33-58(60)70-54-27-10-8-20-45(54)47-35-42(29-31-56(47)70)52-25-13-23-50(68-52)40-16-5-2-6-17-40/h1-35H. The van der Waals surface area contributed by atoms with Crippen LogP contribution in [0.5, 0.6) is 0 Å². The molecule has 0 aliphatic carbocycles. The van der Waals surface area contributed by atoms with E-state index in [0.717, 1.165) is 72.6 Å². The Balaban J connectivity index is 1.15. The van der Waals surface area contributed by atoms with Crippen LogP contribution < -0.4 is 0 Å². The third kappa shape index (κ3) is 6.96. The van der Waals surface area contributed by atoms with Gasteiger partial charge in [-0.3, -0.25) is 0 Å². The first kappa shape index (κ1) is 41.8. The number of pyridine rings is 2. The van der Waals surface area contributed by atoms with Gasteiger partial charge in [0.25, 0.3) is 0 Å². The van der Waals surface area contributed by atoms with Crippen LogP contribution >= 0.6 is 0 Å². The third-order valence-electron chi connectivity index (χ3n) is 13.0. The molecule has 0 amide bonds. The Bertz CT molecular complexity index is 3920. The molecular formula is C61H35F3N6. The highest BCUT2D eigenvalue weighted by atomic mass is 19.4. The molecule has 4 aromatic heterocycles. The van der Waals surface area contributed by atoms with Gasteiger partial charge in [-0.1, -0.05) is 127 Å². The summed E-state index contributed by atoms with van der Waals surface area (Å²) in [7, 11) is 0. The van der Waals surface area contributed by atoms with Crippen LogP contribution in [0.2, 0.25) is 0 Å². The van der Waals surface area contributed by atoms with Gasteiger partial charge in [-0.15, -0.1) is 0 Å². The van der Waals surface area contributed by atoms with Crippen molar-refractivity contribution in [2.45, 2.75) is 6.18 Å². The van der Waals surface area contributed by atoms with E-state index in [2.05, 4.69) is 24.3 Å². The van der Waals surface area contributed by atoms with E-state index in [4.69, 9.17) is 9.97 Å². The zero-order chi connectivity index (χ0) is 47.5. The SMILES string of the molecule is N#Cc1cc(-n2c3ccccc3c3cc(-c4cccc(-c5ccccc5)n4)ccc32)c(-c2c(C#N)cccc2C(F)(F)F)c(-n2c3ccccc3c3cc(-c4cccc(-c5ccccc5)n4)ccc32)c1. The minimum atomic E-state index is -4.86. The van der Waals surface area contributed by atoms with Gasteiger partial charge < -0.3 is 9.13 Å². The van der Waals surface area contributed by atoms with Crippen LogP contribution in [0, 0.1) is 22.7 Å². The number of hydrogen-bond donors (Lipinski definition) is 0. The Morgan fingerprint density at radius 1 is 0.371 bits per heavy atom. The Hall–Kier alpha value is -9.57. The largest absolute Gasteiger partial charge is 0.417 e. The molecule has 0 saturated heterocycles. The van der Waals surface area contributed by atoms with Crippen LogP contribution in [0.3, 0.4) is 0 Å². The zero-order valence-corrected chi connectivity index (χ0v) is 37.0. The number of benzene rings is 8. The van der Waals surface area contributed by atoms with Gasteiger partial charge in [0.1, 0.15) is 0 Å². The third-order valence-corrected chi connectivity index (χ3v) is 13.0. The molecule has 0 saturated carbocycles. The molecule has 9 heteroatoms. The Morgan fingerprint density at radius 2 is 0.800 bits per heavy atom. The van der Waals surface area contributed by atoms with E-state index in [1.165, 1.54) is 12.1 Å². The second-order valence-corrected chi connectivity index (χ2v) is 17.1. The lowest BCUT2D eigenvalue weighted by molar-refractivity contribution is -0.137. The molecule has 0 bridgehead atoms. The topological polar surface area (TPSA) is 83.2 Å². The van der Waals surface area contributed by atoms with Gasteiger partial charge in [-0.05, 0) is 84.9 Å². The van der Waals surface area contributed by atoms with E-state index in [-0.39, 0.29) is 22.3 Å². The molecule has 8 aromatic carbocycles. The Kier molecular flexibility index (Phi) is 9.94. The van der Waals surface area contributed by atoms with E-state index in [1.54, 1.807) is 12.1 Å². The van der Waals surface area contributed by atoms with Crippen LogP contribution in [0.15, 0.2) is 212 Å². The lowest BCUT2D eigenvalue weighted by atomic mass is 9.90. The summed E-state index contributed by atoms with van der Waals surface area (Å²) in [6, 6.07) is 70.5. The van der Waals surface area contributed by atoms with Crippen molar-refractivity contribution in [2.75, 3.05) is 0 Å².